The Morgan fingerprint density at radius 2 is 1.00 bits per heavy atom. The lowest BCUT2D eigenvalue weighted by Gasteiger charge is -2.01. The summed E-state index contributed by atoms with van der Waals surface area (Å²) in [5.74, 6) is 0. The molecular formula is C21H44N2O. The quantitative estimate of drug-likeness (QED) is 0.185. The summed E-state index contributed by atoms with van der Waals surface area (Å²) in [6.45, 7) is 5.99. The fraction of sp³-hybridized carbons (Fsp3) is 0.952. The first-order valence-electron chi connectivity index (χ1n) is 10.6. The van der Waals surface area contributed by atoms with Crippen LogP contribution in [0, 0.1) is 0 Å². The second-order valence-corrected chi connectivity index (χ2v) is 6.71. The molecule has 0 rings (SSSR count). The van der Waals surface area contributed by atoms with Crippen molar-refractivity contribution in [1.29, 1.82) is 0 Å². The summed E-state index contributed by atoms with van der Waals surface area (Å²) in [6, 6.07) is 0. The van der Waals surface area contributed by atoms with Crippen LogP contribution in [0.3, 0.4) is 0 Å². The van der Waals surface area contributed by atoms with Gasteiger partial charge >= 0.3 is 0 Å². The van der Waals surface area contributed by atoms with E-state index in [1.807, 2.05) is 0 Å². The number of isocyanates is 1. The lowest BCUT2D eigenvalue weighted by Crippen LogP contribution is -1.97. The van der Waals surface area contributed by atoms with Gasteiger partial charge in [-0.2, -0.15) is 0 Å². The summed E-state index contributed by atoms with van der Waals surface area (Å²) < 4.78 is 0. The maximum absolute atomic E-state index is 9.60. The second-order valence-electron chi connectivity index (χ2n) is 6.71. The minimum atomic E-state index is 0.660. The topological polar surface area (TPSA) is 55.4 Å². The Morgan fingerprint density at radius 1 is 0.625 bits per heavy atom. The molecule has 0 fully saturated rings. The molecule has 0 radical (unpaired) electrons. The fourth-order valence-electron chi connectivity index (χ4n) is 2.65. The van der Waals surface area contributed by atoms with Gasteiger partial charge in [0.2, 0.25) is 6.08 Å². The van der Waals surface area contributed by atoms with Gasteiger partial charge in [-0.1, -0.05) is 104 Å². The monoisotopic (exact) mass is 340 g/mol. The highest BCUT2D eigenvalue weighted by Crippen LogP contribution is 2.10. The Labute approximate surface area is 151 Å². The van der Waals surface area contributed by atoms with E-state index in [1.165, 1.54) is 102 Å². The molecule has 0 aromatic rings. The third kappa shape index (κ3) is 29.4. The summed E-state index contributed by atoms with van der Waals surface area (Å²) in [4.78, 5) is 13.1. The van der Waals surface area contributed by atoms with Crippen molar-refractivity contribution in [3.8, 4) is 0 Å². The van der Waals surface area contributed by atoms with Gasteiger partial charge in [0.15, 0.2) is 0 Å². The number of hydrogen-bond donors (Lipinski definition) is 1. The predicted molar refractivity (Wildman–Crippen MR) is 107 cm³/mol. The molecule has 144 valence electrons. The second kappa shape index (κ2) is 27.2. The van der Waals surface area contributed by atoms with Crippen molar-refractivity contribution in [3.63, 3.8) is 0 Å². The summed E-state index contributed by atoms with van der Waals surface area (Å²) in [5.41, 5.74) is 5.44. The normalized spacial score (nSPS) is 9.96. The summed E-state index contributed by atoms with van der Waals surface area (Å²) >= 11 is 0. The molecule has 0 aromatic carbocycles. The van der Waals surface area contributed by atoms with Crippen LogP contribution >= 0.6 is 0 Å². The first kappa shape index (κ1) is 25.6. The summed E-state index contributed by atoms with van der Waals surface area (Å²) in [5, 5.41) is 0. The van der Waals surface area contributed by atoms with Crippen LogP contribution in [-0.4, -0.2) is 19.2 Å². The van der Waals surface area contributed by atoms with Gasteiger partial charge in [0, 0.05) is 0 Å². The number of nitrogens with two attached hydrogens (primary N) is 1. The Morgan fingerprint density at radius 3 is 1.38 bits per heavy atom. The van der Waals surface area contributed by atoms with Crippen molar-refractivity contribution in [2.75, 3.05) is 13.1 Å². The molecule has 0 saturated heterocycles. The zero-order valence-corrected chi connectivity index (χ0v) is 16.7. The molecule has 0 aliphatic rings. The van der Waals surface area contributed by atoms with E-state index in [0.29, 0.717) is 6.54 Å². The molecule has 0 spiro atoms. The Balaban J connectivity index is 0. The van der Waals surface area contributed by atoms with Crippen LogP contribution in [0.15, 0.2) is 4.99 Å². The first-order chi connectivity index (χ1) is 11.8. The molecule has 0 aliphatic heterocycles. The van der Waals surface area contributed by atoms with E-state index in [9.17, 15) is 4.79 Å². The molecule has 24 heavy (non-hydrogen) atoms. The zero-order chi connectivity index (χ0) is 18.1. The van der Waals surface area contributed by atoms with Gasteiger partial charge in [-0.05, 0) is 19.4 Å². The molecule has 3 heteroatoms. The average molecular weight is 341 g/mol. The first-order valence-corrected chi connectivity index (χ1v) is 10.6. The number of aliphatic imine (C=N–C) groups is 1. The van der Waals surface area contributed by atoms with E-state index >= 15 is 0 Å². The molecule has 0 heterocycles. The standard InChI is InChI=1S/C13H29N.C8H15NO/c1-2-3-4-5-6-7-8-9-10-11-12-13-14;1-2-3-4-5-6-7-9-8-10/h2-14H2,1H3;2-7H2,1H3. The van der Waals surface area contributed by atoms with Crippen LogP contribution in [0.25, 0.3) is 0 Å². The molecule has 3 nitrogen and oxygen atoms in total. The highest BCUT2D eigenvalue weighted by molar-refractivity contribution is 5.32. The Bertz CT molecular complexity index is 238. The predicted octanol–water partition coefficient (Wildman–Crippen LogP) is 6.55. The average Bonchev–Trinajstić information content (AvgIpc) is 2.60. The number of nitrogens with zero attached hydrogens (tertiary/aromatic N) is 1. The summed E-state index contributed by atoms with van der Waals surface area (Å²) in [6.07, 6.45) is 23.0. The van der Waals surface area contributed by atoms with Crippen LogP contribution in [-0.2, 0) is 4.79 Å². The lowest BCUT2D eigenvalue weighted by molar-refractivity contribution is 0.551. The SMILES string of the molecule is CCCCCCCCCCCCCN.CCCCCCCN=C=O. The van der Waals surface area contributed by atoms with Gasteiger partial charge in [-0.25, -0.2) is 9.79 Å². The van der Waals surface area contributed by atoms with E-state index < -0.39 is 0 Å². The molecule has 0 unspecified atom stereocenters. The molecule has 0 amide bonds. The van der Waals surface area contributed by atoms with Crippen LogP contribution in [0.4, 0.5) is 0 Å². The number of unbranched alkanes of at least 4 members (excludes halogenated alkanes) is 14. The highest BCUT2D eigenvalue weighted by atomic mass is 16.1. The van der Waals surface area contributed by atoms with Crippen LogP contribution in [0.5, 0.6) is 0 Å². The molecule has 0 bridgehead atoms. The minimum Gasteiger partial charge on any atom is -0.330 e. The smallest absolute Gasteiger partial charge is 0.234 e. The third-order valence-corrected chi connectivity index (χ3v) is 4.25. The lowest BCUT2D eigenvalue weighted by atomic mass is 10.1. The minimum absolute atomic E-state index is 0.660. The van der Waals surface area contributed by atoms with Crippen molar-refractivity contribution in [2.24, 2.45) is 10.7 Å². The third-order valence-electron chi connectivity index (χ3n) is 4.25. The van der Waals surface area contributed by atoms with Crippen LogP contribution < -0.4 is 5.73 Å². The Hall–Kier alpha value is -0.660. The number of rotatable bonds is 17. The fourth-order valence-corrected chi connectivity index (χ4v) is 2.65. The van der Waals surface area contributed by atoms with E-state index in [2.05, 4.69) is 18.8 Å². The number of hydrogen-bond acceptors (Lipinski definition) is 3. The van der Waals surface area contributed by atoms with Crippen molar-refractivity contribution >= 4 is 6.08 Å². The maximum Gasteiger partial charge on any atom is 0.234 e. The molecule has 0 aromatic heterocycles. The number of carbonyl (C=O) groups excluding carboxylic acids is 1. The van der Waals surface area contributed by atoms with E-state index in [4.69, 9.17) is 5.73 Å². The van der Waals surface area contributed by atoms with Gasteiger partial charge in [0.05, 0.1) is 6.54 Å². The van der Waals surface area contributed by atoms with E-state index in [-0.39, 0.29) is 0 Å². The van der Waals surface area contributed by atoms with Crippen molar-refractivity contribution in [2.45, 2.75) is 117 Å². The van der Waals surface area contributed by atoms with Crippen molar-refractivity contribution < 1.29 is 4.79 Å². The summed E-state index contributed by atoms with van der Waals surface area (Å²) in [7, 11) is 0. The molecular weight excluding hydrogens is 296 g/mol. The largest absolute Gasteiger partial charge is 0.330 e. The van der Waals surface area contributed by atoms with Gasteiger partial charge in [0.25, 0.3) is 0 Å². The van der Waals surface area contributed by atoms with Gasteiger partial charge in [-0.3, -0.25) is 0 Å². The van der Waals surface area contributed by atoms with Gasteiger partial charge in [-0.15, -0.1) is 0 Å². The van der Waals surface area contributed by atoms with Gasteiger partial charge in [0.1, 0.15) is 0 Å². The molecule has 0 saturated carbocycles. The van der Waals surface area contributed by atoms with Crippen LogP contribution in [0.1, 0.15) is 117 Å². The molecule has 2 N–H and O–H groups in total. The highest BCUT2D eigenvalue weighted by Gasteiger charge is 1.91. The molecule has 0 aliphatic carbocycles. The van der Waals surface area contributed by atoms with Crippen molar-refractivity contribution in [3.05, 3.63) is 0 Å². The van der Waals surface area contributed by atoms with E-state index in [0.717, 1.165) is 13.0 Å². The molecule has 0 atom stereocenters. The maximum atomic E-state index is 9.60. The van der Waals surface area contributed by atoms with Crippen molar-refractivity contribution in [1.82, 2.24) is 0 Å². The Kier molecular flexibility index (Phi) is 29.0. The zero-order valence-electron chi connectivity index (χ0n) is 16.7. The van der Waals surface area contributed by atoms with Gasteiger partial charge < -0.3 is 5.73 Å². The van der Waals surface area contributed by atoms with E-state index in [1.54, 1.807) is 0 Å². The van der Waals surface area contributed by atoms with Crippen LogP contribution in [0.2, 0.25) is 0 Å².